The van der Waals surface area contributed by atoms with Crippen molar-refractivity contribution in [3.05, 3.63) is 194 Å². The summed E-state index contributed by atoms with van der Waals surface area (Å²) in [5.74, 6) is 0. The van der Waals surface area contributed by atoms with Gasteiger partial charge in [0.15, 0.2) is 0 Å². The molecule has 0 unspecified atom stereocenters. The van der Waals surface area contributed by atoms with Crippen LogP contribution in [0.25, 0.3) is 70.9 Å². The van der Waals surface area contributed by atoms with E-state index >= 15 is 0 Å². The van der Waals surface area contributed by atoms with Crippen molar-refractivity contribution in [3.8, 4) is 16.8 Å². The van der Waals surface area contributed by atoms with Gasteiger partial charge in [0.1, 0.15) is 0 Å². The molecule has 0 aliphatic carbocycles. The first kappa shape index (κ1) is 28.4. The number of aromatic nitrogens is 1. The Balaban J connectivity index is 1.22. The van der Waals surface area contributed by atoms with Gasteiger partial charge in [-0.15, -0.1) is 0 Å². The van der Waals surface area contributed by atoms with Crippen LogP contribution in [0.15, 0.2) is 194 Å². The van der Waals surface area contributed by atoms with Crippen LogP contribution in [0, 0.1) is 0 Å². The van der Waals surface area contributed by atoms with E-state index in [-0.39, 0.29) is 0 Å². The van der Waals surface area contributed by atoms with Crippen molar-refractivity contribution in [3.63, 3.8) is 0 Å². The Morgan fingerprint density at radius 2 is 0.920 bits per heavy atom. The van der Waals surface area contributed by atoms with Gasteiger partial charge in [0.2, 0.25) is 0 Å². The lowest BCUT2D eigenvalue weighted by Gasteiger charge is -2.28. The molecule has 0 amide bonds. The van der Waals surface area contributed by atoms with E-state index in [0.717, 1.165) is 22.7 Å². The number of hydrogen-bond acceptors (Lipinski definition) is 1. The van der Waals surface area contributed by atoms with Gasteiger partial charge in [-0.3, -0.25) is 0 Å². The molecule has 0 bridgehead atoms. The van der Waals surface area contributed by atoms with Gasteiger partial charge >= 0.3 is 0 Å². The average molecular weight is 637 g/mol. The molecule has 10 rings (SSSR count). The molecule has 0 fully saturated rings. The van der Waals surface area contributed by atoms with Crippen LogP contribution in [0.4, 0.5) is 17.1 Å². The number of benzene rings is 9. The molecule has 10 aromatic rings. The van der Waals surface area contributed by atoms with Crippen LogP contribution in [0.5, 0.6) is 0 Å². The number of rotatable bonds is 5. The second-order valence-electron chi connectivity index (χ2n) is 13.0. The van der Waals surface area contributed by atoms with Crippen LogP contribution in [-0.4, -0.2) is 4.57 Å². The molecule has 0 radical (unpaired) electrons. The van der Waals surface area contributed by atoms with Gasteiger partial charge in [-0.2, -0.15) is 0 Å². The molecule has 0 atom stereocenters. The minimum atomic E-state index is 1.11. The molecule has 1 aromatic heterocycles. The van der Waals surface area contributed by atoms with Crippen LogP contribution < -0.4 is 4.90 Å². The van der Waals surface area contributed by atoms with E-state index < -0.39 is 0 Å². The molecular formula is C48H32N2. The molecule has 50 heavy (non-hydrogen) atoms. The van der Waals surface area contributed by atoms with Crippen molar-refractivity contribution in [2.45, 2.75) is 0 Å². The summed E-state index contributed by atoms with van der Waals surface area (Å²) in [5.41, 5.74) is 9.29. The lowest BCUT2D eigenvalue weighted by molar-refractivity contribution is 1.18. The normalized spacial score (nSPS) is 11.6. The lowest BCUT2D eigenvalue weighted by Crippen LogP contribution is -2.11. The molecular weight excluding hydrogens is 605 g/mol. The van der Waals surface area contributed by atoms with Gasteiger partial charge in [0, 0.05) is 33.4 Å². The van der Waals surface area contributed by atoms with Crippen LogP contribution >= 0.6 is 0 Å². The molecule has 0 spiro atoms. The molecule has 0 N–H and O–H groups in total. The summed E-state index contributed by atoms with van der Waals surface area (Å²) in [5, 5.41) is 10.1. The van der Waals surface area contributed by atoms with Crippen molar-refractivity contribution in [2.24, 2.45) is 0 Å². The fraction of sp³-hybridized carbons (Fsp3) is 0. The van der Waals surface area contributed by atoms with Crippen LogP contribution in [0.2, 0.25) is 0 Å². The molecule has 1 heterocycles. The van der Waals surface area contributed by atoms with Gasteiger partial charge < -0.3 is 9.47 Å². The van der Waals surface area contributed by atoms with E-state index in [0.29, 0.717) is 0 Å². The number of para-hydroxylation sites is 3. The van der Waals surface area contributed by atoms with Crippen molar-refractivity contribution < 1.29 is 0 Å². The van der Waals surface area contributed by atoms with E-state index in [4.69, 9.17) is 0 Å². The Hall–Kier alpha value is -6.64. The van der Waals surface area contributed by atoms with Crippen LogP contribution in [0.3, 0.4) is 0 Å². The minimum Gasteiger partial charge on any atom is -0.310 e. The third-order valence-electron chi connectivity index (χ3n) is 10.1. The Morgan fingerprint density at radius 1 is 0.340 bits per heavy atom. The predicted molar refractivity (Wildman–Crippen MR) is 213 cm³/mol. The van der Waals surface area contributed by atoms with E-state index in [9.17, 15) is 0 Å². The largest absolute Gasteiger partial charge is 0.310 e. The Bertz CT molecular complexity index is 2870. The third-order valence-corrected chi connectivity index (χ3v) is 10.1. The highest BCUT2D eigenvalue weighted by Gasteiger charge is 2.20. The van der Waals surface area contributed by atoms with Crippen molar-refractivity contribution in [1.29, 1.82) is 0 Å². The summed E-state index contributed by atoms with van der Waals surface area (Å²) in [7, 11) is 0. The second-order valence-corrected chi connectivity index (χ2v) is 13.0. The maximum absolute atomic E-state index is 2.43. The molecule has 0 aliphatic heterocycles. The van der Waals surface area contributed by atoms with Crippen molar-refractivity contribution in [1.82, 2.24) is 4.57 Å². The van der Waals surface area contributed by atoms with Gasteiger partial charge in [0.25, 0.3) is 0 Å². The number of fused-ring (bicyclic) bond motifs is 8. The van der Waals surface area contributed by atoms with E-state index in [2.05, 4.69) is 204 Å². The second kappa shape index (κ2) is 11.5. The number of hydrogen-bond donors (Lipinski definition) is 0. The summed E-state index contributed by atoms with van der Waals surface area (Å²) in [6.45, 7) is 0. The van der Waals surface area contributed by atoms with Gasteiger partial charge in [-0.1, -0.05) is 140 Å². The summed E-state index contributed by atoms with van der Waals surface area (Å²) in [6.07, 6.45) is 0. The van der Waals surface area contributed by atoms with Crippen molar-refractivity contribution >= 4 is 71.2 Å². The number of nitrogens with zero attached hydrogens (tertiary/aromatic N) is 2. The van der Waals surface area contributed by atoms with Gasteiger partial charge in [-0.25, -0.2) is 0 Å². The fourth-order valence-corrected chi connectivity index (χ4v) is 7.87. The molecule has 0 aliphatic rings. The highest BCUT2D eigenvalue weighted by atomic mass is 15.1. The summed E-state index contributed by atoms with van der Waals surface area (Å²) in [4.78, 5) is 2.43. The zero-order valence-electron chi connectivity index (χ0n) is 27.4. The highest BCUT2D eigenvalue weighted by Crippen LogP contribution is 2.44. The molecule has 2 heteroatoms. The number of anilines is 3. The van der Waals surface area contributed by atoms with Crippen LogP contribution in [-0.2, 0) is 0 Å². The Kier molecular flexibility index (Phi) is 6.53. The monoisotopic (exact) mass is 636 g/mol. The molecule has 0 saturated carbocycles. The first-order valence-electron chi connectivity index (χ1n) is 17.2. The lowest BCUT2D eigenvalue weighted by atomic mass is 9.96. The summed E-state index contributed by atoms with van der Waals surface area (Å²) < 4.78 is 2.38. The topological polar surface area (TPSA) is 8.17 Å². The first-order chi connectivity index (χ1) is 24.8. The Morgan fingerprint density at radius 3 is 1.76 bits per heavy atom. The maximum atomic E-state index is 2.43. The summed E-state index contributed by atoms with van der Waals surface area (Å²) >= 11 is 0. The standard InChI is InChI=1S/C48H32N2/c1-3-13-33(14-4-1)41-19-9-11-21-46(41)49(37-25-29-40-35(31-37)24-28-42-39-18-8-7-15-34(39)23-27-43(40)42)38-26-30-48-45(32-38)44-20-10-12-22-47(44)50(48)36-16-5-2-6-17-36/h1-32H. The molecule has 2 nitrogen and oxygen atoms in total. The van der Waals surface area contributed by atoms with Gasteiger partial charge in [0.05, 0.1) is 16.7 Å². The molecule has 9 aromatic carbocycles. The van der Waals surface area contributed by atoms with Gasteiger partial charge in [-0.05, 0) is 92.5 Å². The van der Waals surface area contributed by atoms with E-state index in [1.54, 1.807) is 0 Å². The SMILES string of the molecule is c1ccc(-c2ccccc2N(c2ccc3c(ccc4c5ccccc5ccc34)c2)c2ccc3c(c2)c2ccccc2n3-c2ccccc2)cc1. The average Bonchev–Trinajstić information content (AvgIpc) is 3.52. The first-order valence-corrected chi connectivity index (χ1v) is 17.2. The van der Waals surface area contributed by atoms with E-state index in [1.165, 1.54) is 65.3 Å². The summed E-state index contributed by atoms with van der Waals surface area (Å²) in [6, 6.07) is 70.5. The fourth-order valence-electron chi connectivity index (χ4n) is 7.87. The zero-order valence-corrected chi connectivity index (χ0v) is 27.4. The predicted octanol–water partition coefficient (Wildman–Crippen LogP) is 13.4. The maximum Gasteiger partial charge on any atom is 0.0542 e. The minimum absolute atomic E-state index is 1.11. The molecule has 234 valence electrons. The zero-order chi connectivity index (χ0) is 33.0. The van der Waals surface area contributed by atoms with E-state index in [1.807, 2.05) is 0 Å². The highest BCUT2D eigenvalue weighted by molar-refractivity contribution is 6.18. The van der Waals surface area contributed by atoms with Crippen molar-refractivity contribution in [2.75, 3.05) is 4.90 Å². The smallest absolute Gasteiger partial charge is 0.0542 e. The van der Waals surface area contributed by atoms with Crippen LogP contribution in [0.1, 0.15) is 0 Å². The Labute approximate surface area is 290 Å². The quantitative estimate of drug-likeness (QED) is 0.171. The third kappa shape index (κ3) is 4.50. The molecule has 0 saturated heterocycles.